The van der Waals surface area contributed by atoms with Crippen molar-refractivity contribution in [2.45, 2.75) is 13.1 Å². The minimum Gasteiger partial charge on any atom is -0.306 e. The van der Waals surface area contributed by atoms with E-state index in [4.69, 9.17) is 11.6 Å². The first-order valence-electron chi connectivity index (χ1n) is 4.64. The van der Waals surface area contributed by atoms with Crippen molar-refractivity contribution in [3.63, 3.8) is 0 Å². The van der Waals surface area contributed by atoms with Crippen LogP contribution in [0, 0.1) is 0 Å². The van der Waals surface area contributed by atoms with Gasteiger partial charge in [0.1, 0.15) is 0 Å². The van der Waals surface area contributed by atoms with E-state index < -0.39 is 0 Å². The lowest BCUT2D eigenvalue weighted by Crippen LogP contribution is -2.13. The molecule has 0 fully saturated rings. The van der Waals surface area contributed by atoms with E-state index in [2.05, 4.69) is 20.5 Å². The Labute approximate surface area is 92.7 Å². The quantitative estimate of drug-likeness (QED) is 0.829. The third-order valence-electron chi connectivity index (χ3n) is 1.97. The SMILES string of the molecule is Clc1ccc(CNCc2ccn[nH]2)nc1. The van der Waals surface area contributed by atoms with Crippen LogP contribution in [-0.4, -0.2) is 15.2 Å². The van der Waals surface area contributed by atoms with E-state index in [9.17, 15) is 0 Å². The smallest absolute Gasteiger partial charge is 0.0589 e. The second-order valence-corrected chi connectivity index (χ2v) is 3.59. The fourth-order valence-corrected chi connectivity index (χ4v) is 1.33. The monoisotopic (exact) mass is 222 g/mol. The highest BCUT2D eigenvalue weighted by Gasteiger charge is 1.96. The van der Waals surface area contributed by atoms with Crippen LogP contribution in [0.5, 0.6) is 0 Å². The van der Waals surface area contributed by atoms with Crippen molar-refractivity contribution in [3.05, 3.63) is 47.0 Å². The van der Waals surface area contributed by atoms with Crippen molar-refractivity contribution in [1.29, 1.82) is 0 Å². The lowest BCUT2D eigenvalue weighted by Gasteiger charge is -2.02. The predicted molar refractivity (Wildman–Crippen MR) is 58.4 cm³/mol. The molecular weight excluding hydrogens is 212 g/mol. The first-order chi connectivity index (χ1) is 7.34. The van der Waals surface area contributed by atoms with Gasteiger partial charge in [-0.25, -0.2) is 0 Å². The number of pyridine rings is 1. The van der Waals surface area contributed by atoms with Crippen molar-refractivity contribution in [2.24, 2.45) is 0 Å². The Morgan fingerprint density at radius 1 is 1.27 bits per heavy atom. The molecule has 2 N–H and O–H groups in total. The average Bonchev–Trinajstić information content (AvgIpc) is 2.74. The fourth-order valence-electron chi connectivity index (χ4n) is 1.22. The van der Waals surface area contributed by atoms with Gasteiger partial charge in [-0.1, -0.05) is 11.6 Å². The molecule has 0 aromatic carbocycles. The Morgan fingerprint density at radius 2 is 2.20 bits per heavy atom. The van der Waals surface area contributed by atoms with Crippen LogP contribution in [0.25, 0.3) is 0 Å². The number of nitrogens with one attached hydrogen (secondary N) is 2. The van der Waals surface area contributed by atoms with Crippen molar-refractivity contribution >= 4 is 11.6 Å². The van der Waals surface area contributed by atoms with Gasteiger partial charge in [0.05, 0.1) is 10.7 Å². The first-order valence-corrected chi connectivity index (χ1v) is 5.02. The molecule has 2 rings (SSSR count). The van der Waals surface area contributed by atoms with Crippen molar-refractivity contribution in [2.75, 3.05) is 0 Å². The maximum atomic E-state index is 5.73. The highest BCUT2D eigenvalue weighted by Crippen LogP contribution is 2.05. The Morgan fingerprint density at radius 3 is 2.87 bits per heavy atom. The van der Waals surface area contributed by atoms with E-state index in [0.29, 0.717) is 5.02 Å². The molecule has 2 heterocycles. The third-order valence-corrected chi connectivity index (χ3v) is 2.19. The van der Waals surface area contributed by atoms with Gasteiger partial charge in [0.15, 0.2) is 0 Å². The third kappa shape index (κ3) is 3.04. The molecule has 0 unspecified atom stereocenters. The van der Waals surface area contributed by atoms with E-state index in [1.54, 1.807) is 12.4 Å². The van der Waals surface area contributed by atoms with E-state index in [1.165, 1.54) is 0 Å². The molecule has 0 spiro atoms. The second kappa shape index (κ2) is 4.91. The first kappa shape index (κ1) is 10.1. The number of aromatic amines is 1. The van der Waals surface area contributed by atoms with Gasteiger partial charge in [0.2, 0.25) is 0 Å². The topological polar surface area (TPSA) is 53.6 Å². The fraction of sp³-hybridized carbons (Fsp3) is 0.200. The van der Waals surface area contributed by atoms with Crippen LogP contribution in [0.1, 0.15) is 11.4 Å². The minimum atomic E-state index is 0.660. The number of aromatic nitrogens is 3. The molecule has 4 nitrogen and oxygen atoms in total. The molecule has 0 aliphatic rings. The molecule has 2 aromatic rings. The standard InChI is InChI=1S/C10H11ClN4/c11-8-1-2-9(13-5-8)6-12-7-10-3-4-14-15-10/h1-5,12H,6-7H2,(H,14,15). The van der Waals surface area contributed by atoms with Crippen LogP contribution in [0.2, 0.25) is 5.02 Å². The Hall–Kier alpha value is -1.39. The zero-order chi connectivity index (χ0) is 10.5. The number of hydrogen-bond donors (Lipinski definition) is 2. The summed E-state index contributed by atoms with van der Waals surface area (Å²) in [6.07, 6.45) is 3.38. The average molecular weight is 223 g/mol. The summed E-state index contributed by atoms with van der Waals surface area (Å²) in [5.74, 6) is 0. The number of nitrogens with zero attached hydrogens (tertiary/aromatic N) is 2. The van der Waals surface area contributed by atoms with Gasteiger partial charge in [0.25, 0.3) is 0 Å². The molecule has 0 aliphatic carbocycles. The van der Waals surface area contributed by atoms with Gasteiger partial charge < -0.3 is 5.32 Å². The molecule has 15 heavy (non-hydrogen) atoms. The van der Waals surface area contributed by atoms with Crippen molar-refractivity contribution < 1.29 is 0 Å². The van der Waals surface area contributed by atoms with Crippen molar-refractivity contribution in [3.8, 4) is 0 Å². The van der Waals surface area contributed by atoms with Gasteiger partial charge in [0, 0.05) is 31.2 Å². The lowest BCUT2D eigenvalue weighted by molar-refractivity contribution is 0.665. The van der Waals surface area contributed by atoms with Crippen LogP contribution < -0.4 is 5.32 Å². The molecule has 0 saturated heterocycles. The van der Waals surface area contributed by atoms with Crippen LogP contribution in [0.15, 0.2) is 30.6 Å². The van der Waals surface area contributed by atoms with Crippen molar-refractivity contribution in [1.82, 2.24) is 20.5 Å². The maximum Gasteiger partial charge on any atom is 0.0589 e. The van der Waals surface area contributed by atoms with E-state index in [-0.39, 0.29) is 0 Å². The van der Waals surface area contributed by atoms with Crippen LogP contribution in [-0.2, 0) is 13.1 Å². The summed E-state index contributed by atoms with van der Waals surface area (Å²) in [5.41, 5.74) is 2.03. The molecule has 2 aromatic heterocycles. The molecule has 0 saturated carbocycles. The number of rotatable bonds is 4. The number of H-pyrrole nitrogens is 1. The molecule has 0 aliphatic heterocycles. The maximum absolute atomic E-state index is 5.73. The summed E-state index contributed by atoms with van der Waals surface area (Å²) < 4.78 is 0. The molecule has 0 atom stereocenters. The van der Waals surface area contributed by atoms with E-state index in [1.807, 2.05) is 18.2 Å². The Balaban J connectivity index is 1.81. The highest BCUT2D eigenvalue weighted by atomic mass is 35.5. The minimum absolute atomic E-state index is 0.660. The van der Waals surface area contributed by atoms with Crippen LogP contribution >= 0.6 is 11.6 Å². The zero-order valence-electron chi connectivity index (χ0n) is 8.07. The Kier molecular flexibility index (Phi) is 3.32. The molecular formula is C10H11ClN4. The summed E-state index contributed by atoms with van der Waals surface area (Å²) >= 11 is 5.73. The van der Waals surface area contributed by atoms with Gasteiger partial charge in [-0.15, -0.1) is 0 Å². The van der Waals surface area contributed by atoms with Gasteiger partial charge in [-0.05, 0) is 18.2 Å². The molecule has 0 bridgehead atoms. The summed E-state index contributed by atoms with van der Waals surface area (Å²) in [6, 6.07) is 5.67. The van der Waals surface area contributed by atoms with Crippen LogP contribution in [0.3, 0.4) is 0 Å². The normalized spacial score (nSPS) is 10.5. The summed E-state index contributed by atoms with van der Waals surface area (Å²) in [7, 11) is 0. The molecule has 0 radical (unpaired) electrons. The molecule has 5 heteroatoms. The van der Waals surface area contributed by atoms with Gasteiger partial charge in [-0.3, -0.25) is 10.1 Å². The summed E-state index contributed by atoms with van der Waals surface area (Å²) in [4.78, 5) is 4.18. The summed E-state index contributed by atoms with van der Waals surface area (Å²) in [5, 5.41) is 10.6. The summed E-state index contributed by atoms with van der Waals surface area (Å²) in [6.45, 7) is 1.47. The van der Waals surface area contributed by atoms with E-state index >= 15 is 0 Å². The Bertz CT molecular complexity index is 396. The largest absolute Gasteiger partial charge is 0.306 e. The molecule has 78 valence electrons. The molecule has 0 amide bonds. The number of hydrogen-bond acceptors (Lipinski definition) is 3. The van der Waals surface area contributed by atoms with Gasteiger partial charge >= 0.3 is 0 Å². The predicted octanol–water partition coefficient (Wildman–Crippen LogP) is 1.75. The van der Waals surface area contributed by atoms with E-state index in [0.717, 1.165) is 24.5 Å². The lowest BCUT2D eigenvalue weighted by atomic mass is 10.3. The number of halogens is 1. The van der Waals surface area contributed by atoms with Crippen LogP contribution in [0.4, 0.5) is 0 Å². The second-order valence-electron chi connectivity index (χ2n) is 3.15. The zero-order valence-corrected chi connectivity index (χ0v) is 8.83. The highest BCUT2D eigenvalue weighted by molar-refractivity contribution is 6.30. The van der Waals surface area contributed by atoms with Gasteiger partial charge in [-0.2, -0.15) is 5.10 Å².